The zero-order chi connectivity index (χ0) is 23.6. The first-order valence-corrected chi connectivity index (χ1v) is 11.9. The Kier molecular flexibility index (Phi) is 4.76. The summed E-state index contributed by atoms with van der Waals surface area (Å²) >= 11 is 6.32. The van der Waals surface area contributed by atoms with Crippen LogP contribution in [0.1, 0.15) is 29.8 Å². The molecule has 4 heterocycles. The molecule has 1 saturated heterocycles. The Bertz CT molecular complexity index is 1360. The van der Waals surface area contributed by atoms with Gasteiger partial charge in [0.15, 0.2) is 0 Å². The molecule has 0 unspecified atom stereocenters. The molecular formula is C26H25ClN4O3. The normalized spacial score (nSPS) is 24.4. The third-order valence-corrected chi connectivity index (χ3v) is 7.58. The predicted molar refractivity (Wildman–Crippen MR) is 130 cm³/mol. The number of phenols is 1. The Labute approximate surface area is 202 Å². The van der Waals surface area contributed by atoms with Gasteiger partial charge in [-0.3, -0.25) is 19.5 Å². The van der Waals surface area contributed by atoms with Gasteiger partial charge in [-0.25, -0.2) is 4.79 Å². The topological polar surface area (TPSA) is 79.9 Å². The minimum absolute atomic E-state index is 0.113. The van der Waals surface area contributed by atoms with Crippen LogP contribution in [0.2, 0.25) is 5.02 Å². The third-order valence-electron chi connectivity index (χ3n) is 7.35. The van der Waals surface area contributed by atoms with Gasteiger partial charge in [0.2, 0.25) is 0 Å². The predicted octanol–water partition coefficient (Wildman–Crippen LogP) is 4.07. The summed E-state index contributed by atoms with van der Waals surface area (Å²) in [6.45, 7) is 4.50. The molecule has 0 saturated carbocycles. The molecule has 2 N–H and O–H groups in total. The highest BCUT2D eigenvalue weighted by molar-refractivity contribution is 6.31. The maximum Gasteiger partial charge on any atom is 0.328 e. The Hall–Kier alpha value is -3.29. The van der Waals surface area contributed by atoms with Crippen molar-refractivity contribution in [2.45, 2.75) is 24.9 Å². The fourth-order valence-electron chi connectivity index (χ4n) is 5.67. The Morgan fingerprint density at radius 3 is 2.68 bits per heavy atom. The summed E-state index contributed by atoms with van der Waals surface area (Å²) in [6, 6.07) is 11.7. The monoisotopic (exact) mass is 476 g/mol. The zero-order valence-electron chi connectivity index (χ0n) is 18.8. The highest BCUT2D eigenvalue weighted by Gasteiger charge is 2.60. The lowest BCUT2D eigenvalue weighted by atomic mass is 9.81. The van der Waals surface area contributed by atoms with Crippen molar-refractivity contribution < 1.29 is 14.7 Å². The number of carbonyl (C=O) groups is 2. The quantitative estimate of drug-likeness (QED) is 0.439. The number of phenolic OH excluding ortho intramolecular Hbond substituents is 1. The number of hydrogen-bond donors (Lipinski definition) is 2. The van der Waals surface area contributed by atoms with E-state index in [1.165, 1.54) is 4.90 Å². The second kappa shape index (κ2) is 7.61. The summed E-state index contributed by atoms with van der Waals surface area (Å²) < 4.78 is 0. The van der Waals surface area contributed by atoms with Gasteiger partial charge in [-0.1, -0.05) is 35.9 Å². The SMILES string of the molecule is C[C@@]12Cc3c([nH]c4ccc(Cl)cc34)[C@@H](c3cccc(O)c3)N1C(=O)N(CCN1CC=CC1)C2=O. The molecule has 1 fully saturated rings. The number of imide groups is 1. The smallest absolute Gasteiger partial charge is 0.328 e. The molecule has 3 aliphatic rings. The highest BCUT2D eigenvalue weighted by Crippen LogP contribution is 2.49. The number of aromatic amines is 1. The molecule has 2 atom stereocenters. The Morgan fingerprint density at radius 1 is 1.12 bits per heavy atom. The molecule has 0 aliphatic carbocycles. The van der Waals surface area contributed by atoms with Crippen LogP contribution in [0.5, 0.6) is 5.75 Å². The van der Waals surface area contributed by atoms with Crippen molar-refractivity contribution >= 4 is 34.4 Å². The average molecular weight is 477 g/mol. The van der Waals surface area contributed by atoms with Gasteiger partial charge in [-0.05, 0) is 48.4 Å². The molecule has 7 nitrogen and oxygen atoms in total. The van der Waals surface area contributed by atoms with Gasteiger partial charge in [0.1, 0.15) is 17.3 Å². The van der Waals surface area contributed by atoms with E-state index < -0.39 is 11.6 Å². The van der Waals surface area contributed by atoms with E-state index in [4.69, 9.17) is 11.6 Å². The fourth-order valence-corrected chi connectivity index (χ4v) is 5.84. The van der Waals surface area contributed by atoms with E-state index in [0.717, 1.165) is 40.8 Å². The molecule has 0 bridgehead atoms. The van der Waals surface area contributed by atoms with Crippen LogP contribution in [0.3, 0.4) is 0 Å². The minimum Gasteiger partial charge on any atom is -0.508 e. The molecule has 8 heteroatoms. The first kappa shape index (κ1) is 21.3. The van der Waals surface area contributed by atoms with E-state index in [0.29, 0.717) is 24.5 Å². The molecule has 2 aromatic carbocycles. The van der Waals surface area contributed by atoms with Crippen LogP contribution < -0.4 is 0 Å². The van der Waals surface area contributed by atoms with Crippen LogP contribution in [0.25, 0.3) is 10.9 Å². The first-order chi connectivity index (χ1) is 16.4. The number of hydrogen-bond acceptors (Lipinski definition) is 4. The fraction of sp³-hybridized carbons (Fsp3) is 0.308. The van der Waals surface area contributed by atoms with Crippen molar-refractivity contribution in [3.05, 3.63) is 76.5 Å². The molecule has 0 spiro atoms. The van der Waals surface area contributed by atoms with Crippen molar-refractivity contribution in [1.29, 1.82) is 0 Å². The van der Waals surface area contributed by atoms with Crippen LogP contribution in [0, 0.1) is 0 Å². The van der Waals surface area contributed by atoms with Crippen molar-refractivity contribution in [2.24, 2.45) is 0 Å². The van der Waals surface area contributed by atoms with Gasteiger partial charge >= 0.3 is 6.03 Å². The number of aromatic hydroxyl groups is 1. The molecule has 1 aromatic heterocycles. The number of carbonyl (C=O) groups excluding carboxylic acids is 2. The molecule has 3 aliphatic heterocycles. The summed E-state index contributed by atoms with van der Waals surface area (Å²) in [4.78, 5) is 36.4. The lowest BCUT2D eigenvalue weighted by molar-refractivity contribution is -0.133. The number of H-pyrrole nitrogens is 1. The molecule has 3 amide bonds. The number of halogens is 1. The zero-order valence-corrected chi connectivity index (χ0v) is 19.5. The Balaban J connectivity index is 1.48. The molecule has 0 radical (unpaired) electrons. The summed E-state index contributed by atoms with van der Waals surface area (Å²) in [5.74, 6) is -0.0707. The van der Waals surface area contributed by atoms with Gasteiger partial charge in [-0.15, -0.1) is 0 Å². The van der Waals surface area contributed by atoms with E-state index >= 15 is 0 Å². The van der Waals surface area contributed by atoms with Crippen LogP contribution in [0.15, 0.2) is 54.6 Å². The van der Waals surface area contributed by atoms with Crippen molar-refractivity contribution in [1.82, 2.24) is 19.7 Å². The van der Waals surface area contributed by atoms with Gasteiger partial charge in [0.05, 0.1) is 0 Å². The van der Waals surface area contributed by atoms with E-state index in [1.807, 2.05) is 31.2 Å². The number of nitrogens with one attached hydrogen (secondary N) is 1. The number of aromatic nitrogens is 1. The van der Waals surface area contributed by atoms with Crippen LogP contribution in [-0.2, 0) is 11.2 Å². The number of urea groups is 1. The van der Waals surface area contributed by atoms with Crippen LogP contribution >= 0.6 is 11.6 Å². The van der Waals surface area contributed by atoms with Crippen LogP contribution in [0.4, 0.5) is 4.79 Å². The molecular weight excluding hydrogens is 452 g/mol. The van der Waals surface area contributed by atoms with Crippen molar-refractivity contribution in [2.75, 3.05) is 26.2 Å². The Morgan fingerprint density at radius 2 is 1.91 bits per heavy atom. The summed E-state index contributed by atoms with van der Waals surface area (Å²) in [5.41, 5.74) is 2.45. The molecule has 3 aromatic rings. The maximum absolute atomic E-state index is 13.8. The number of benzene rings is 2. The van der Waals surface area contributed by atoms with Crippen LogP contribution in [-0.4, -0.2) is 68.4 Å². The highest BCUT2D eigenvalue weighted by atomic mass is 35.5. The number of fused-ring (bicyclic) bond motifs is 4. The third kappa shape index (κ3) is 3.07. The maximum atomic E-state index is 13.8. The number of nitrogens with zero attached hydrogens (tertiary/aromatic N) is 3. The first-order valence-electron chi connectivity index (χ1n) is 11.5. The minimum atomic E-state index is -1.04. The lowest BCUT2D eigenvalue weighted by Gasteiger charge is -2.42. The molecule has 174 valence electrons. The van der Waals surface area contributed by atoms with E-state index in [-0.39, 0.29) is 17.7 Å². The van der Waals surface area contributed by atoms with Gasteiger partial charge < -0.3 is 10.1 Å². The van der Waals surface area contributed by atoms with Crippen molar-refractivity contribution in [3.8, 4) is 5.75 Å². The van der Waals surface area contributed by atoms with Gasteiger partial charge in [-0.2, -0.15) is 0 Å². The summed E-state index contributed by atoms with van der Waals surface area (Å²) in [5, 5.41) is 11.8. The van der Waals surface area contributed by atoms with Gasteiger partial charge in [0, 0.05) is 54.2 Å². The largest absolute Gasteiger partial charge is 0.508 e. The van der Waals surface area contributed by atoms with E-state index in [9.17, 15) is 14.7 Å². The van der Waals surface area contributed by atoms with Gasteiger partial charge in [0.25, 0.3) is 5.91 Å². The van der Waals surface area contributed by atoms with Crippen molar-refractivity contribution in [3.63, 3.8) is 0 Å². The van der Waals surface area contributed by atoms with E-state index in [2.05, 4.69) is 22.0 Å². The number of amides is 3. The molecule has 34 heavy (non-hydrogen) atoms. The lowest BCUT2D eigenvalue weighted by Crippen LogP contribution is -2.53. The standard InChI is InChI=1S/C26H25ClN4O3/c1-26-15-20-19-14-17(27)7-8-21(19)28-22(20)23(16-5-4-6-18(32)13-16)31(26)25(34)30(24(26)33)12-11-29-9-2-3-10-29/h2-8,13-14,23,28,32H,9-12,15H2,1H3/t23-,26+/m1/s1. The summed E-state index contributed by atoms with van der Waals surface area (Å²) in [6.07, 6.45) is 4.59. The second-order valence-corrected chi connectivity index (χ2v) is 9.93. The van der Waals surface area contributed by atoms with E-state index in [1.54, 1.807) is 23.1 Å². The second-order valence-electron chi connectivity index (χ2n) is 9.50. The molecule has 6 rings (SSSR count). The average Bonchev–Trinajstić information content (AvgIpc) is 3.49. The number of rotatable bonds is 4. The summed E-state index contributed by atoms with van der Waals surface area (Å²) in [7, 11) is 0.